The number of benzene rings is 4. The summed E-state index contributed by atoms with van der Waals surface area (Å²) in [4.78, 5) is 110. The number of aryl methyl sites for hydroxylation is 2. The van der Waals surface area contributed by atoms with Crippen LogP contribution in [0.5, 0.6) is 23.0 Å². The van der Waals surface area contributed by atoms with Gasteiger partial charge in [-0.3, -0.25) is 9.59 Å². The summed E-state index contributed by atoms with van der Waals surface area (Å²) in [5.41, 5.74) is 2.26. The number of ether oxygens (including phenoxy) is 6. The summed E-state index contributed by atoms with van der Waals surface area (Å²) >= 11 is 0. The molecule has 61 heavy (non-hydrogen) atoms. The molecule has 4 aliphatic heterocycles. The molecule has 0 amide bonds. The van der Waals surface area contributed by atoms with Crippen molar-refractivity contribution in [3.63, 3.8) is 0 Å². The second-order valence-corrected chi connectivity index (χ2v) is 14.8. The lowest BCUT2D eigenvalue weighted by molar-refractivity contribution is -0.140. The van der Waals surface area contributed by atoms with Crippen LogP contribution in [0.15, 0.2) is 72.8 Å². The Morgan fingerprint density at radius 2 is 0.951 bits per heavy atom. The second-order valence-electron chi connectivity index (χ2n) is 14.8. The predicted octanol–water partition coefficient (Wildman–Crippen LogP) is 6.29. The number of ketones is 2. The highest BCUT2D eigenvalue weighted by Gasteiger charge is 2.43. The highest BCUT2D eigenvalue weighted by atomic mass is 16.7. The van der Waals surface area contributed by atoms with Crippen molar-refractivity contribution in [2.45, 2.75) is 45.3 Å². The molecule has 4 aromatic carbocycles. The van der Waals surface area contributed by atoms with E-state index in [4.69, 9.17) is 28.9 Å². The van der Waals surface area contributed by atoms with Gasteiger partial charge in [0.05, 0.1) is 55.8 Å². The molecule has 0 saturated heterocycles. The molecule has 0 atom stereocenters. The Bertz CT molecular complexity index is 2920. The van der Waals surface area contributed by atoms with Crippen LogP contribution < -0.4 is 18.9 Å². The van der Waals surface area contributed by atoms with Crippen LogP contribution in [0.1, 0.15) is 121 Å². The fourth-order valence-electron chi connectivity index (χ4n) is 7.87. The van der Waals surface area contributed by atoms with Crippen LogP contribution >= 0.6 is 0 Å². The third kappa shape index (κ3) is 6.23. The van der Waals surface area contributed by atoms with Crippen LogP contribution in [-0.2, 0) is 22.3 Å². The zero-order valence-electron chi connectivity index (χ0n) is 31.9. The number of aromatic nitrogens is 2. The molecule has 4 aliphatic rings. The molecule has 10 rings (SSSR count). The minimum atomic E-state index is -1.15. The lowest BCUT2D eigenvalue weighted by Crippen LogP contribution is -2.48. The molecular weight excluding hydrogens is 792 g/mol. The number of rotatable bonds is 6. The fourth-order valence-corrected chi connectivity index (χ4v) is 7.87. The van der Waals surface area contributed by atoms with Crippen molar-refractivity contribution in [1.29, 1.82) is 0 Å². The van der Waals surface area contributed by atoms with E-state index in [0.717, 1.165) is 0 Å². The standard InChI is InChI=1S/C45H26N2O14/c1-19(48)29-17-25(56-39(50)21-3-5-27-31(13-21)43(54)58-41(27)52)11-23-15-35-33(46-37(23)29)7-9-45(60-35)10-8-34-36(61-45)16-24-12-26(18-30(20(2)49)38(24)47-34)57-40(51)22-4-6-28-32(14-22)44(55)59-42(28)53/h3-6,11-18H,7-10H2,1-2H3. The van der Waals surface area contributed by atoms with E-state index in [1.807, 2.05) is 0 Å². The van der Waals surface area contributed by atoms with E-state index in [0.29, 0.717) is 70.4 Å². The van der Waals surface area contributed by atoms with Crippen LogP contribution in [0.3, 0.4) is 0 Å². The largest absolute Gasteiger partial charge is 0.450 e. The van der Waals surface area contributed by atoms with E-state index in [2.05, 4.69) is 9.47 Å². The van der Waals surface area contributed by atoms with Gasteiger partial charge < -0.3 is 28.4 Å². The first-order valence-corrected chi connectivity index (χ1v) is 18.8. The number of hydrogen-bond acceptors (Lipinski definition) is 16. The number of carbonyl (C=O) groups is 8. The average Bonchev–Trinajstić information content (AvgIpc) is 3.69. The first kappa shape index (κ1) is 37.2. The molecule has 0 unspecified atom stereocenters. The van der Waals surface area contributed by atoms with Crippen molar-refractivity contribution < 1.29 is 66.8 Å². The molecular formula is C45H26N2O14. The molecule has 6 heterocycles. The van der Waals surface area contributed by atoms with Gasteiger partial charge in [-0.15, -0.1) is 0 Å². The summed E-state index contributed by atoms with van der Waals surface area (Å²) in [6.07, 6.45) is 1.61. The maximum absolute atomic E-state index is 13.2. The van der Waals surface area contributed by atoms with Crippen LogP contribution in [0.2, 0.25) is 0 Å². The molecule has 16 heteroatoms. The zero-order chi connectivity index (χ0) is 42.5. The average molecular weight is 819 g/mol. The molecule has 0 aliphatic carbocycles. The van der Waals surface area contributed by atoms with Crippen molar-refractivity contribution in [2.75, 3.05) is 0 Å². The maximum atomic E-state index is 13.2. The third-order valence-corrected chi connectivity index (χ3v) is 10.9. The molecule has 0 N–H and O–H groups in total. The minimum Gasteiger partial charge on any atom is -0.450 e. The Hall–Kier alpha value is -8.14. The van der Waals surface area contributed by atoms with E-state index in [1.165, 1.54) is 74.5 Å². The number of nitrogens with zero attached hydrogens (tertiary/aromatic N) is 2. The maximum Gasteiger partial charge on any atom is 0.346 e. The molecule has 16 nitrogen and oxygen atoms in total. The fraction of sp³-hybridized carbons (Fsp3) is 0.156. The van der Waals surface area contributed by atoms with Crippen LogP contribution in [-0.4, -0.2) is 63.1 Å². The van der Waals surface area contributed by atoms with Crippen molar-refractivity contribution in [3.8, 4) is 23.0 Å². The summed E-state index contributed by atoms with van der Waals surface area (Å²) in [5, 5.41) is 0.871. The predicted molar refractivity (Wildman–Crippen MR) is 206 cm³/mol. The summed E-state index contributed by atoms with van der Waals surface area (Å²) < 4.78 is 33.6. The number of pyridine rings is 2. The molecule has 0 fully saturated rings. The van der Waals surface area contributed by atoms with E-state index >= 15 is 0 Å². The van der Waals surface area contributed by atoms with Gasteiger partial charge in [-0.2, -0.15) is 0 Å². The number of carbonyl (C=O) groups excluding carboxylic acids is 8. The van der Waals surface area contributed by atoms with Gasteiger partial charge in [-0.05, 0) is 86.6 Å². The Labute approximate surface area is 342 Å². The SMILES string of the molecule is CC(=O)c1cc(OC(=O)c2ccc3c(c2)C(=O)OC3=O)cc2cc3c(nc12)CCC1(CCc2nc4c(C(C)=O)cc(OC(=O)c5ccc6c(c5)C(=O)OC6=O)cc4cc2O1)O3. The first-order chi connectivity index (χ1) is 29.2. The highest BCUT2D eigenvalue weighted by molar-refractivity contribution is 6.16. The van der Waals surface area contributed by atoms with E-state index < -0.39 is 41.6 Å². The number of hydrogen-bond donors (Lipinski definition) is 0. The van der Waals surface area contributed by atoms with Crippen molar-refractivity contribution >= 4 is 69.2 Å². The Balaban J connectivity index is 0.933. The Morgan fingerprint density at radius 3 is 1.36 bits per heavy atom. The van der Waals surface area contributed by atoms with Crippen molar-refractivity contribution in [2.24, 2.45) is 0 Å². The number of Topliss-reactive ketones (excluding diaryl/α,β-unsaturated/α-hetero) is 2. The normalized spacial score (nSPS) is 15.5. The molecule has 0 saturated carbocycles. The number of esters is 6. The van der Waals surface area contributed by atoms with Gasteiger partial charge in [0.2, 0.25) is 0 Å². The monoisotopic (exact) mass is 818 g/mol. The number of cyclic esters (lactones) is 4. The second kappa shape index (κ2) is 13.5. The summed E-state index contributed by atoms with van der Waals surface area (Å²) in [7, 11) is 0. The van der Waals surface area contributed by atoms with Crippen LogP contribution in [0.4, 0.5) is 0 Å². The Kier molecular flexibility index (Phi) is 8.19. The van der Waals surface area contributed by atoms with Crippen LogP contribution in [0, 0.1) is 0 Å². The summed E-state index contributed by atoms with van der Waals surface area (Å²) in [6.45, 7) is 2.73. The zero-order valence-corrected chi connectivity index (χ0v) is 31.9. The van der Waals surface area contributed by atoms with Gasteiger partial charge in [0, 0.05) is 47.6 Å². The molecule has 6 aromatic rings. The van der Waals surface area contributed by atoms with Gasteiger partial charge in [-0.1, -0.05) is 0 Å². The van der Waals surface area contributed by atoms with Gasteiger partial charge in [-0.25, -0.2) is 38.7 Å². The molecule has 0 radical (unpaired) electrons. The van der Waals surface area contributed by atoms with Gasteiger partial charge in [0.25, 0.3) is 5.79 Å². The smallest absolute Gasteiger partial charge is 0.346 e. The lowest BCUT2D eigenvalue weighted by Gasteiger charge is -2.41. The molecule has 0 bridgehead atoms. The molecule has 300 valence electrons. The highest BCUT2D eigenvalue weighted by Crippen LogP contribution is 2.44. The Morgan fingerprint density at radius 1 is 0.541 bits per heavy atom. The van der Waals surface area contributed by atoms with Crippen molar-refractivity contribution in [3.05, 3.63) is 129 Å². The summed E-state index contributed by atoms with van der Waals surface area (Å²) in [5.74, 6) is -6.03. The van der Waals surface area contributed by atoms with E-state index in [9.17, 15) is 38.4 Å². The number of fused-ring (bicyclic) bond motifs is 6. The summed E-state index contributed by atoms with van der Waals surface area (Å²) in [6, 6.07) is 17.0. The van der Waals surface area contributed by atoms with Gasteiger partial charge in [0.1, 0.15) is 23.0 Å². The van der Waals surface area contributed by atoms with Crippen LogP contribution in [0.25, 0.3) is 21.8 Å². The van der Waals surface area contributed by atoms with Crippen molar-refractivity contribution in [1.82, 2.24) is 9.97 Å². The quantitative estimate of drug-likeness (QED) is 0.0780. The first-order valence-electron chi connectivity index (χ1n) is 18.8. The molecule has 2 aromatic heterocycles. The topological polar surface area (TPSA) is 218 Å². The minimum absolute atomic E-state index is 0.0143. The lowest BCUT2D eigenvalue weighted by atomic mass is 9.94. The van der Waals surface area contributed by atoms with Gasteiger partial charge >= 0.3 is 35.8 Å². The van der Waals surface area contributed by atoms with E-state index in [1.54, 1.807) is 12.1 Å². The van der Waals surface area contributed by atoms with Gasteiger partial charge in [0.15, 0.2) is 11.6 Å². The van der Waals surface area contributed by atoms with E-state index in [-0.39, 0.29) is 67.6 Å². The molecule has 1 spiro atoms. The third-order valence-electron chi connectivity index (χ3n) is 10.9.